The molecular formula is C18H16FNO3. The first-order valence-electron chi connectivity index (χ1n) is 7.25. The first kappa shape index (κ1) is 15.1. The van der Waals surface area contributed by atoms with Crippen molar-refractivity contribution in [2.24, 2.45) is 0 Å². The Balaban J connectivity index is 1.61. The van der Waals surface area contributed by atoms with Gasteiger partial charge in [0.15, 0.2) is 11.5 Å². The third kappa shape index (κ3) is 3.69. The van der Waals surface area contributed by atoms with Crippen LogP contribution in [0, 0.1) is 5.82 Å². The smallest absolute Gasteiger partial charge is 0.244 e. The topological polar surface area (TPSA) is 47.6 Å². The minimum Gasteiger partial charge on any atom is -0.454 e. The largest absolute Gasteiger partial charge is 0.454 e. The molecule has 1 N–H and O–H groups in total. The average molecular weight is 313 g/mol. The summed E-state index contributed by atoms with van der Waals surface area (Å²) < 4.78 is 23.4. The zero-order valence-electron chi connectivity index (χ0n) is 12.6. The molecule has 1 atom stereocenters. The number of carbonyl (C=O) groups is 1. The minimum absolute atomic E-state index is 0.204. The van der Waals surface area contributed by atoms with Crippen LogP contribution in [0.5, 0.6) is 11.5 Å². The summed E-state index contributed by atoms with van der Waals surface area (Å²) in [5.74, 6) is 0.859. The third-order valence-corrected chi connectivity index (χ3v) is 3.55. The maximum atomic E-state index is 12.9. The van der Waals surface area contributed by atoms with Crippen LogP contribution in [-0.4, -0.2) is 12.7 Å². The summed E-state index contributed by atoms with van der Waals surface area (Å²) in [4.78, 5) is 12.0. The SMILES string of the molecule is C[C@@H](NC(=O)/C=C/c1ccc2c(c1)OCO2)c1ccc(F)cc1. The summed E-state index contributed by atoms with van der Waals surface area (Å²) in [6, 6.07) is 11.3. The monoisotopic (exact) mass is 313 g/mol. The van der Waals surface area contributed by atoms with E-state index in [0.717, 1.165) is 11.1 Å². The molecule has 0 radical (unpaired) electrons. The average Bonchev–Trinajstić information content (AvgIpc) is 3.01. The first-order valence-corrected chi connectivity index (χ1v) is 7.25. The number of hydrogen-bond acceptors (Lipinski definition) is 3. The van der Waals surface area contributed by atoms with Crippen LogP contribution >= 0.6 is 0 Å². The van der Waals surface area contributed by atoms with Crippen LogP contribution in [0.3, 0.4) is 0 Å². The lowest BCUT2D eigenvalue weighted by molar-refractivity contribution is -0.117. The van der Waals surface area contributed by atoms with Gasteiger partial charge in [0.2, 0.25) is 12.7 Å². The number of halogens is 1. The van der Waals surface area contributed by atoms with Crippen molar-refractivity contribution in [3.05, 3.63) is 65.5 Å². The van der Waals surface area contributed by atoms with E-state index >= 15 is 0 Å². The highest BCUT2D eigenvalue weighted by Crippen LogP contribution is 2.32. The lowest BCUT2D eigenvalue weighted by atomic mass is 10.1. The molecule has 3 rings (SSSR count). The Morgan fingerprint density at radius 3 is 2.70 bits per heavy atom. The molecule has 5 heteroatoms. The van der Waals surface area contributed by atoms with Crippen LogP contribution in [-0.2, 0) is 4.79 Å². The van der Waals surface area contributed by atoms with Gasteiger partial charge in [0.25, 0.3) is 0 Å². The highest BCUT2D eigenvalue weighted by molar-refractivity contribution is 5.92. The van der Waals surface area contributed by atoms with E-state index in [9.17, 15) is 9.18 Å². The van der Waals surface area contributed by atoms with Crippen molar-refractivity contribution in [2.75, 3.05) is 6.79 Å². The number of benzene rings is 2. The number of ether oxygens (including phenoxy) is 2. The predicted octanol–water partition coefficient (Wildman–Crippen LogP) is 3.45. The number of amides is 1. The maximum Gasteiger partial charge on any atom is 0.244 e. The second-order valence-corrected chi connectivity index (χ2v) is 5.23. The first-order chi connectivity index (χ1) is 11.1. The molecule has 0 aromatic heterocycles. The molecule has 0 aliphatic carbocycles. The normalized spacial score (nSPS) is 14.0. The second-order valence-electron chi connectivity index (χ2n) is 5.23. The van der Waals surface area contributed by atoms with Gasteiger partial charge < -0.3 is 14.8 Å². The molecule has 0 spiro atoms. The van der Waals surface area contributed by atoms with Crippen LogP contribution in [0.4, 0.5) is 4.39 Å². The molecule has 23 heavy (non-hydrogen) atoms. The van der Waals surface area contributed by atoms with E-state index in [1.165, 1.54) is 18.2 Å². The Morgan fingerprint density at radius 1 is 1.17 bits per heavy atom. The third-order valence-electron chi connectivity index (χ3n) is 3.55. The number of carbonyl (C=O) groups excluding carboxylic acids is 1. The Bertz CT molecular complexity index is 740. The number of nitrogens with one attached hydrogen (secondary N) is 1. The van der Waals surface area contributed by atoms with E-state index in [4.69, 9.17) is 9.47 Å². The Kier molecular flexibility index (Phi) is 4.28. The molecule has 0 unspecified atom stereocenters. The molecule has 1 aliphatic rings. The molecule has 1 heterocycles. The van der Waals surface area contributed by atoms with Crippen LogP contribution < -0.4 is 14.8 Å². The van der Waals surface area contributed by atoms with Crippen molar-refractivity contribution in [1.29, 1.82) is 0 Å². The van der Waals surface area contributed by atoms with Gasteiger partial charge in [0, 0.05) is 6.08 Å². The molecule has 0 saturated heterocycles. The highest BCUT2D eigenvalue weighted by Gasteiger charge is 2.12. The molecule has 0 bridgehead atoms. The standard InChI is InChI=1S/C18H16FNO3/c1-12(14-4-6-15(19)7-5-14)20-18(21)9-3-13-2-8-16-17(10-13)23-11-22-16/h2-10,12H,11H2,1H3,(H,20,21)/b9-3+/t12-/m1/s1. The van der Waals surface area contributed by atoms with Gasteiger partial charge in [0.05, 0.1) is 6.04 Å². The number of fused-ring (bicyclic) bond motifs is 1. The number of rotatable bonds is 4. The molecule has 0 saturated carbocycles. The van der Waals surface area contributed by atoms with Crippen LogP contribution in [0.15, 0.2) is 48.5 Å². The Labute approximate surface area is 133 Å². The van der Waals surface area contributed by atoms with Gasteiger partial charge in [-0.3, -0.25) is 4.79 Å². The van der Waals surface area contributed by atoms with Crippen LogP contribution in [0.2, 0.25) is 0 Å². The van der Waals surface area contributed by atoms with E-state index in [0.29, 0.717) is 11.5 Å². The van der Waals surface area contributed by atoms with Crippen molar-refractivity contribution in [3.8, 4) is 11.5 Å². The molecular weight excluding hydrogens is 297 g/mol. The minimum atomic E-state index is -0.296. The van der Waals surface area contributed by atoms with Crippen molar-refractivity contribution >= 4 is 12.0 Å². The van der Waals surface area contributed by atoms with Crippen molar-refractivity contribution < 1.29 is 18.7 Å². The number of hydrogen-bond donors (Lipinski definition) is 1. The van der Waals surface area contributed by atoms with E-state index in [2.05, 4.69) is 5.32 Å². The van der Waals surface area contributed by atoms with Crippen molar-refractivity contribution in [2.45, 2.75) is 13.0 Å². The predicted molar refractivity (Wildman–Crippen MR) is 84.6 cm³/mol. The fourth-order valence-corrected chi connectivity index (χ4v) is 2.29. The highest BCUT2D eigenvalue weighted by atomic mass is 19.1. The summed E-state index contributed by atoms with van der Waals surface area (Å²) >= 11 is 0. The zero-order valence-corrected chi connectivity index (χ0v) is 12.6. The van der Waals surface area contributed by atoms with Gasteiger partial charge in [-0.1, -0.05) is 18.2 Å². The van der Waals surface area contributed by atoms with Gasteiger partial charge in [-0.05, 0) is 48.4 Å². The molecule has 1 amide bonds. The summed E-state index contributed by atoms with van der Waals surface area (Å²) in [6.45, 7) is 2.07. The molecule has 4 nitrogen and oxygen atoms in total. The molecule has 2 aromatic carbocycles. The zero-order chi connectivity index (χ0) is 16.2. The van der Waals surface area contributed by atoms with E-state index in [1.807, 2.05) is 19.1 Å². The van der Waals surface area contributed by atoms with Crippen molar-refractivity contribution in [1.82, 2.24) is 5.32 Å². The van der Waals surface area contributed by atoms with Crippen molar-refractivity contribution in [3.63, 3.8) is 0 Å². The Morgan fingerprint density at radius 2 is 1.91 bits per heavy atom. The fourth-order valence-electron chi connectivity index (χ4n) is 2.29. The molecule has 1 aliphatic heterocycles. The van der Waals surface area contributed by atoms with E-state index < -0.39 is 0 Å². The van der Waals surface area contributed by atoms with Crippen LogP contribution in [0.25, 0.3) is 6.08 Å². The van der Waals surface area contributed by atoms with Crippen LogP contribution in [0.1, 0.15) is 24.1 Å². The summed E-state index contributed by atoms with van der Waals surface area (Å²) in [6.07, 6.45) is 3.16. The van der Waals surface area contributed by atoms with E-state index in [-0.39, 0.29) is 24.6 Å². The van der Waals surface area contributed by atoms with E-state index in [1.54, 1.807) is 24.3 Å². The lowest BCUT2D eigenvalue weighted by Gasteiger charge is -2.12. The Hall–Kier alpha value is -2.82. The lowest BCUT2D eigenvalue weighted by Crippen LogP contribution is -2.24. The van der Waals surface area contributed by atoms with Gasteiger partial charge in [-0.25, -0.2) is 4.39 Å². The summed E-state index contributed by atoms with van der Waals surface area (Å²) in [7, 11) is 0. The molecule has 0 fully saturated rings. The van der Waals surface area contributed by atoms with Gasteiger partial charge in [-0.15, -0.1) is 0 Å². The summed E-state index contributed by atoms with van der Waals surface area (Å²) in [5.41, 5.74) is 1.69. The van der Waals surface area contributed by atoms with Gasteiger partial charge in [0.1, 0.15) is 5.82 Å². The fraction of sp³-hybridized carbons (Fsp3) is 0.167. The quantitative estimate of drug-likeness (QED) is 0.880. The second kappa shape index (κ2) is 6.52. The summed E-state index contributed by atoms with van der Waals surface area (Å²) in [5, 5.41) is 2.83. The van der Waals surface area contributed by atoms with Gasteiger partial charge >= 0.3 is 0 Å². The molecule has 2 aromatic rings. The van der Waals surface area contributed by atoms with Gasteiger partial charge in [-0.2, -0.15) is 0 Å². The maximum absolute atomic E-state index is 12.9. The molecule has 118 valence electrons.